The summed E-state index contributed by atoms with van der Waals surface area (Å²) in [5, 5.41) is 17.5. The summed E-state index contributed by atoms with van der Waals surface area (Å²) >= 11 is 0. The highest BCUT2D eigenvalue weighted by molar-refractivity contribution is 5.76. The van der Waals surface area contributed by atoms with E-state index in [9.17, 15) is 9.59 Å². The summed E-state index contributed by atoms with van der Waals surface area (Å²) in [5.41, 5.74) is -0.779. The van der Waals surface area contributed by atoms with Crippen LogP contribution >= 0.6 is 0 Å². The Bertz CT molecular complexity index is 436. The quantitative estimate of drug-likeness (QED) is 0.813. The van der Waals surface area contributed by atoms with Gasteiger partial charge in [-0.2, -0.15) is 0 Å². The van der Waals surface area contributed by atoms with E-state index in [0.717, 1.165) is 0 Å². The van der Waals surface area contributed by atoms with Crippen molar-refractivity contribution < 1.29 is 24.5 Å². The molecule has 0 aliphatic rings. The molecule has 0 atom stereocenters. The fourth-order valence-electron chi connectivity index (χ4n) is 1.23. The molecule has 0 radical (unpaired) electrons. The van der Waals surface area contributed by atoms with E-state index in [1.165, 1.54) is 19.9 Å². The van der Waals surface area contributed by atoms with Crippen molar-refractivity contribution in [1.29, 1.82) is 0 Å². The van der Waals surface area contributed by atoms with E-state index in [1.54, 1.807) is 18.2 Å². The lowest BCUT2D eigenvalue weighted by Crippen LogP contribution is -2.37. The Morgan fingerprint density at radius 2 is 1.94 bits per heavy atom. The van der Waals surface area contributed by atoms with Crippen LogP contribution in [0.2, 0.25) is 0 Å². The van der Waals surface area contributed by atoms with Gasteiger partial charge in [0.05, 0.1) is 6.42 Å². The molecule has 92 valence electrons. The minimum absolute atomic E-state index is 0.120. The molecule has 1 aromatic carbocycles. The number of aliphatic carboxylic acids is 2. The van der Waals surface area contributed by atoms with Crippen LogP contribution in [-0.4, -0.2) is 27.8 Å². The Morgan fingerprint density at radius 1 is 1.29 bits per heavy atom. The molecule has 17 heavy (non-hydrogen) atoms. The Hall–Kier alpha value is -2.04. The Kier molecular flexibility index (Phi) is 3.73. The molecule has 1 rings (SSSR count). The molecule has 0 spiro atoms. The summed E-state index contributed by atoms with van der Waals surface area (Å²) in [4.78, 5) is 21.4. The maximum atomic E-state index is 10.9. The average Bonchev–Trinajstić information content (AvgIpc) is 2.15. The van der Waals surface area contributed by atoms with Crippen LogP contribution in [0.15, 0.2) is 24.3 Å². The number of hydrogen-bond acceptors (Lipinski definition) is 3. The molecule has 0 saturated carbocycles. The zero-order chi connectivity index (χ0) is 13.1. The summed E-state index contributed by atoms with van der Waals surface area (Å²) in [6.45, 7) is 2.86. The zero-order valence-corrected chi connectivity index (χ0v) is 9.64. The maximum Gasteiger partial charge on any atom is 0.347 e. The van der Waals surface area contributed by atoms with Crippen molar-refractivity contribution in [2.24, 2.45) is 0 Å². The van der Waals surface area contributed by atoms with Crippen molar-refractivity contribution in [2.75, 3.05) is 0 Å². The van der Waals surface area contributed by atoms with Crippen LogP contribution in [0, 0.1) is 0 Å². The van der Waals surface area contributed by atoms with Crippen LogP contribution in [0.25, 0.3) is 0 Å². The van der Waals surface area contributed by atoms with Crippen LogP contribution in [0.5, 0.6) is 5.75 Å². The van der Waals surface area contributed by atoms with Gasteiger partial charge >= 0.3 is 11.9 Å². The molecule has 5 heteroatoms. The Balaban J connectivity index is 2.85. The van der Waals surface area contributed by atoms with Crippen LogP contribution in [-0.2, 0) is 16.0 Å². The fourth-order valence-corrected chi connectivity index (χ4v) is 1.23. The first-order valence-electron chi connectivity index (χ1n) is 5.04. The van der Waals surface area contributed by atoms with Crippen molar-refractivity contribution in [3.63, 3.8) is 0 Å². The third kappa shape index (κ3) is 3.79. The average molecular weight is 238 g/mol. The van der Waals surface area contributed by atoms with Gasteiger partial charge in [-0.1, -0.05) is 12.1 Å². The number of rotatable bonds is 5. The topological polar surface area (TPSA) is 83.8 Å². The van der Waals surface area contributed by atoms with Gasteiger partial charge in [0.15, 0.2) is 5.60 Å². The number of benzene rings is 1. The normalized spacial score (nSPS) is 10.9. The van der Waals surface area contributed by atoms with Gasteiger partial charge in [-0.25, -0.2) is 4.79 Å². The van der Waals surface area contributed by atoms with Gasteiger partial charge in [-0.05, 0) is 31.5 Å². The van der Waals surface area contributed by atoms with Crippen molar-refractivity contribution in [3.8, 4) is 5.75 Å². The highest BCUT2D eigenvalue weighted by Crippen LogP contribution is 2.20. The Morgan fingerprint density at radius 3 is 2.47 bits per heavy atom. The first kappa shape index (κ1) is 13.0. The van der Waals surface area contributed by atoms with Gasteiger partial charge < -0.3 is 14.9 Å². The van der Waals surface area contributed by atoms with E-state index in [4.69, 9.17) is 14.9 Å². The molecule has 0 heterocycles. The first-order valence-corrected chi connectivity index (χ1v) is 5.04. The third-order valence-electron chi connectivity index (χ3n) is 2.14. The number of hydrogen-bond donors (Lipinski definition) is 2. The molecule has 0 aliphatic heterocycles. The summed E-state index contributed by atoms with van der Waals surface area (Å²) < 4.78 is 5.29. The van der Waals surface area contributed by atoms with E-state index in [1.807, 2.05) is 0 Å². The predicted octanol–water partition coefficient (Wildman–Crippen LogP) is 1.56. The largest absolute Gasteiger partial charge is 0.481 e. The first-order chi connectivity index (χ1) is 7.81. The minimum Gasteiger partial charge on any atom is -0.481 e. The lowest BCUT2D eigenvalue weighted by atomic mass is 10.1. The van der Waals surface area contributed by atoms with Gasteiger partial charge in [0.2, 0.25) is 0 Å². The summed E-state index contributed by atoms with van der Waals surface area (Å²) in [6.07, 6.45) is -0.120. The highest BCUT2D eigenvalue weighted by Gasteiger charge is 2.29. The lowest BCUT2D eigenvalue weighted by molar-refractivity contribution is -0.152. The van der Waals surface area contributed by atoms with Crippen LogP contribution in [0.3, 0.4) is 0 Å². The van der Waals surface area contributed by atoms with Gasteiger partial charge in [0.1, 0.15) is 5.75 Å². The van der Waals surface area contributed by atoms with E-state index < -0.39 is 17.5 Å². The van der Waals surface area contributed by atoms with Gasteiger partial charge in [-0.3, -0.25) is 4.79 Å². The van der Waals surface area contributed by atoms with Crippen LogP contribution in [0.1, 0.15) is 19.4 Å². The lowest BCUT2D eigenvalue weighted by Gasteiger charge is -2.21. The van der Waals surface area contributed by atoms with Crippen molar-refractivity contribution in [3.05, 3.63) is 29.8 Å². The summed E-state index contributed by atoms with van der Waals surface area (Å²) in [5.74, 6) is -1.68. The monoisotopic (exact) mass is 238 g/mol. The van der Waals surface area contributed by atoms with Crippen LogP contribution < -0.4 is 4.74 Å². The van der Waals surface area contributed by atoms with Crippen molar-refractivity contribution in [2.45, 2.75) is 25.9 Å². The van der Waals surface area contributed by atoms with Crippen molar-refractivity contribution in [1.82, 2.24) is 0 Å². The molecular formula is C12H14O5. The SMILES string of the molecule is CC(C)(Oc1cccc(CC(=O)O)c1)C(=O)O. The highest BCUT2D eigenvalue weighted by atomic mass is 16.5. The van der Waals surface area contributed by atoms with E-state index >= 15 is 0 Å². The smallest absolute Gasteiger partial charge is 0.347 e. The second-order valence-electron chi connectivity index (χ2n) is 4.14. The van der Waals surface area contributed by atoms with Gasteiger partial charge in [0.25, 0.3) is 0 Å². The fraction of sp³-hybridized carbons (Fsp3) is 0.333. The molecule has 0 aliphatic carbocycles. The summed E-state index contributed by atoms with van der Waals surface area (Å²) in [7, 11) is 0. The van der Waals surface area contributed by atoms with E-state index in [2.05, 4.69) is 0 Å². The van der Waals surface area contributed by atoms with Gasteiger partial charge in [0, 0.05) is 0 Å². The number of carboxylic acids is 2. The third-order valence-corrected chi connectivity index (χ3v) is 2.14. The molecule has 0 aromatic heterocycles. The molecule has 0 unspecified atom stereocenters. The van der Waals surface area contributed by atoms with E-state index in [-0.39, 0.29) is 6.42 Å². The number of carbonyl (C=O) groups is 2. The van der Waals surface area contributed by atoms with Crippen molar-refractivity contribution >= 4 is 11.9 Å². The maximum absolute atomic E-state index is 10.9. The second-order valence-corrected chi connectivity index (χ2v) is 4.14. The molecule has 1 aromatic rings. The van der Waals surface area contributed by atoms with Gasteiger partial charge in [-0.15, -0.1) is 0 Å². The standard InChI is InChI=1S/C12H14O5/c1-12(2,11(15)16)17-9-5-3-4-8(6-9)7-10(13)14/h3-6H,7H2,1-2H3,(H,13,14)(H,15,16). The molecule has 2 N–H and O–H groups in total. The minimum atomic E-state index is -1.35. The molecule has 0 bridgehead atoms. The predicted molar refractivity (Wildman–Crippen MR) is 60.1 cm³/mol. The second kappa shape index (κ2) is 4.86. The molecular weight excluding hydrogens is 224 g/mol. The number of carboxylic acid groups (broad SMARTS) is 2. The van der Waals surface area contributed by atoms with Crippen LogP contribution in [0.4, 0.5) is 0 Å². The van der Waals surface area contributed by atoms with E-state index in [0.29, 0.717) is 11.3 Å². The number of ether oxygens (including phenoxy) is 1. The molecule has 0 fully saturated rings. The molecule has 0 amide bonds. The molecule has 0 saturated heterocycles. The zero-order valence-electron chi connectivity index (χ0n) is 9.64. The summed E-state index contributed by atoms with van der Waals surface area (Å²) in [6, 6.07) is 6.40. The molecule has 5 nitrogen and oxygen atoms in total. The Labute approximate surface area is 98.6 Å².